The lowest BCUT2D eigenvalue weighted by molar-refractivity contribution is 0.161. The highest BCUT2D eigenvalue weighted by atomic mass is 14.8. The topological polar surface area (TPSA) is 0 Å². The van der Waals surface area contributed by atoms with Gasteiger partial charge in [0.25, 0.3) is 0 Å². The zero-order valence-corrected chi connectivity index (χ0v) is 8.44. The zero-order valence-electron chi connectivity index (χ0n) is 8.44. The molecule has 0 aliphatic heterocycles. The molecule has 0 heteroatoms. The van der Waals surface area contributed by atoms with Crippen LogP contribution in [0.4, 0.5) is 0 Å². The number of hydrogen-bond acceptors (Lipinski definition) is 0. The summed E-state index contributed by atoms with van der Waals surface area (Å²) in [4.78, 5) is 0. The maximum Gasteiger partial charge on any atom is -0.0235 e. The fraction of sp³-hybridized carbons (Fsp3) is 1.00. The summed E-state index contributed by atoms with van der Waals surface area (Å²) in [5.74, 6) is 3.02. The monoisotopic (exact) mass is 152 g/mol. The van der Waals surface area contributed by atoms with Crippen molar-refractivity contribution in [2.24, 2.45) is 28.6 Å². The minimum atomic E-state index is 0.670. The molecule has 0 saturated heterocycles. The van der Waals surface area contributed by atoms with Crippen LogP contribution in [0.5, 0.6) is 0 Å². The first-order chi connectivity index (χ1) is 4.90. The maximum absolute atomic E-state index is 2.49. The zero-order chi connectivity index (χ0) is 8.44. The Morgan fingerprint density at radius 2 is 1.73 bits per heavy atom. The second-order valence-corrected chi connectivity index (χ2v) is 5.80. The molecular weight excluding hydrogens is 132 g/mol. The van der Waals surface area contributed by atoms with E-state index in [1.807, 2.05) is 0 Å². The van der Waals surface area contributed by atoms with E-state index in [-0.39, 0.29) is 0 Å². The Morgan fingerprint density at radius 1 is 1.18 bits per heavy atom. The quantitative estimate of drug-likeness (QED) is 0.540. The highest BCUT2D eigenvalue weighted by Gasteiger charge is 2.74. The van der Waals surface area contributed by atoms with Crippen LogP contribution < -0.4 is 0 Å². The summed E-state index contributed by atoms with van der Waals surface area (Å²) in [7, 11) is 0. The van der Waals surface area contributed by atoms with Crippen LogP contribution in [0.1, 0.15) is 41.0 Å². The van der Waals surface area contributed by atoms with Crippen molar-refractivity contribution in [3.63, 3.8) is 0 Å². The van der Waals surface area contributed by atoms with Gasteiger partial charge in [-0.2, -0.15) is 0 Å². The fourth-order valence-corrected chi connectivity index (χ4v) is 3.67. The average Bonchev–Trinajstić information content (AvgIpc) is 2.33. The highest BCUT2D eigenvalue weighted by molar-refractivity contribution is 5.22. The van der Waals surface area contributed by atoms with Gasteiger partial charge < -0.3 is 0 Å². The molecule has 64 valence electrons. The van der Waals surface area contributed by atoms with Crippen molar-refractivity contribution in [1.82, 2.24) is 0 Å². The Balaban J connectivity index is 2.15. The largest absolute Gasteiger partial charge is 0.0622 e. The fourth-order valence-electron chi connectivity index (χ4n) is 3.67. The van der Waals surface area contributed by atoms with E-state index < -0.39 is 0 Å². The number of fused-ring (bicyclic) bond motifs is 1. The lowest BCUT2D eigenvalue weighted by atomic mass is 9.72. The van der Waals surface area contributed by atoms with Gasteiger partial charge in [0.15, 0.2) is 0 Å². The lowest BCUT2D eigenvalue weighted by Gasteiger charge is -2.33. The Hall–Kier alpha value is 0. The van der Waals surface area contributed by atoms with Gasteiger partial charge in [-0.25, -0.2) is 0 Å². The number of rotatable bonds is 1. The first-order valence-corrected chi connectivity index (χ1v) is 4.90. The maximum atomic E-state index is 2.49. The van der Waals surface area contributed by atoms with Gasteiger partial charge in [-0.3, -0.25) is 0 Å². The number of hydrogen-bond donors (Lipinski definition) is 0. The molecular formula is C11H20. The molecule has 3 atom stereocenters. The molecule has 2 fully saturated rings. The molecule has 0 amide bonds. The summed E-state index contributed by atoms with van der Waals surface area (Å²) in [5.41, 5.74) is 1.38. The van der Waals surface area contributed by atoms with E-state index >= 15 is 0 Å². The standard InChI is InChI=1S/C11H20/c1-7(2)11(5)8-6-10(3,4)9(8)11/h7-9H,6H2,1-5H3. The van der Waals surface area contributed by atoms with E-state index in [2.05, 4.69) is 34.6 Å². The molecule has 0 aromatic carbocycles. The Kier molecular flexibility index (Phi) is 1.16. The van der Waals surface area contributed by atoms with Crippen LogP contribution in [0.3, 0.4) is 0 Å². The summed E-state index contributed by atoms with van der Waals surface area (Å²) >= 11 is 0. The second kappa shape index (κ2) is 1.67. The molecule has 0 N–H and O–H groups in total. The van der Waals surface area contributed by atoms with Crippen LogP contribution in [-0.2, 0) is 0 Å². The summed E-state index contributed by atoms with van der Waals surface area (Å²) in [5, 5.41) is 0. The van der Waals surface area contributed by atoms with Crippen LogP contribution in [0.25, 0.3) is 0 Å². The molecule has 2 aliphatic carbocycles. The molecule has 2 rings (SSSR count). The average molecular weight is 152 g/mol. The summed E-state index contributed by atoms with van der Waals surface area (Å²) in [6.07, 6.45) is 1.48. The van der Waals surface area contributed by atoms with Crippen molar-refractivity contribution >= 4 is 0 Å². The Labute approximate surface area is 70.4 Å². The molecule has 0 nitrogen and oxygen atoms in total. The molecule has 2 saturated carbocycles. The third kappa shape index (κ3) is 0.666. The van der Waals surface area contributed by atoms with Crippen molar-refractivity contribution in [3.05, 3.63) is 0 Å². The van der Waals surface area contributed by atoms with E-state index in [9.17, 15) is 0 Å². The highest BCUT2D eigenvalue weighted by Crippen LogP contribution is 2.80. The molecule has 0 bridgehead atoms. The van der Waals surface area contributed by atoms with Crippen LogP contribution in [-0.4, -0.2) is 0 Å². The summed E-state index contributed by atoms with van der Waals surface area (Å²) in [6.45, 7) is 12.1. The van der Waals surface area contributed by atoms with Gasteiger partial charge in [0, 0.05) is 0 Å². The summed E-state index contributed by atoms with van der Waals surface area (Å²) < 4.78 is 0. The molecule has 2 aliphatic rings. The lowest BCUT2D eigenvalue weighted by Crippen LogP contribution is -2.25. The molecule has 0 spiro atoms. The minimum absolute atomic E-state index is 0.670. The predicted octanol–water partition coefficient (Wildman–Crippen LogP) is 3.32. The molecule has 0 heterocycles. The van der Waals surface area contributed by atoms with Crippen LogP contribution in [0, 0.1) is 28.6 Å². The van der Waals surface area contributed by atoms with Gasteiger partial charge in [-0.05, 0) is 35.0 Å². The molecule has 0 aromatic rings. The Bertz CT molecular complexity index is 190. The summed E-state index contributed by atoms with van der Waals surface area (Å²) in [6, 6.07) is 0. The van der Waals surface area contributed by atoms with E-state index in [0.29, 0.717) is 10.8 Å². The first kappa shape index (κ1) is 7.64. The van der Waals surface area contributed by atoms with Gasteiger partial charge in [-0.1, -0.05) is 34.6 Å². The van der Waals surface area contributed by atoms with Crippen molar-refractivity contribution < 1.29 is 0 Å². The molecule has 3 unspecified atom stereocenters. The van der Waals surface area contributed by atoms with Crippen molar-refractivity contribution in [2.45, 2.75) is 41.0 Å². The predicted molar refractivity (Wildman–Crippen MR) is 48.3 cm³/mol. The van der Waals surface area contributed by atoms with Crippen molar-refractivity contribution in [2.75, 3.05) is 0 Å². The van der Waals surface area contributed by atoms with E-state index in [4.69, 9.17) is 0 Å². The van der Waals surface area contributed by atoms with Gasteiger partial charge in [0.05, 0.1) is 0 Å². The third-order valence-corrected chi connectivity index (χ3v) is 4.59. The normalized spacial score (nSPS) is 51.8. The molecule has 11 heavy (non-hydrogen) atoms. The van der Waals surface area contributed by atoms with Gasteiger partial charge in [0.1, 0.15) is 0 Å². The smallest absolute Gasteiger partial charge is 0.0235 e. The molecule has 0 radical (unpaired) electrons. The van der Waals surface area contributed by atoms with Gasteiger partial charge >= 0.3 is 0 Å². The van der Waals surface area contributed by atoms with Gasteiger partial charge in [-0.15, -0.1) is 0 Å². The van der Waals surface area contributed by atoms with Crippen LogP contribution in [0.2, 0.25) is 0 Å². The van der Waals surface area contributed by atoms with E-state index in [0.717, 1.165) is 17.8 Å². The van der Waals surface area contributed by atoms with Crippen LogP contribution in [0.15, 0.2) is 0 Å². The SMILES string of the molecule is CC(C)C1(C)C2CC(C)(C)C21. The third-order valence-electron chi connectivity index (χ3n) is 4.59. The Morgan fingerprint density at radius 3 is 1.82 bits per heavy atom. The van der Waals surface area contributed by atoms with Gasteiger partial charge in [0.2, 0.25) is 0 Å². The van der Waals surface area contributed by atoms with Crippen molar-refractivity contribution in [1.29, 1.82) is 0 Å². The molecule has 0 aromatic heterocycles. The minimum Gasteiger partial charge on any atom is -0.0622 e. The van der Waals surface area contributed by atoms with E-state index in [1.54, 1.807) is 0 Å². The van der Waals surface area contributed by atoms with E-state index in [1.165, 1.54) is 6.42 Å². The van der Waals surface area contributed by atoms with Crippen LogP contribution >= 0.6 is 0 Å². The van der Waals surface area contributed by atoms with Crippen molar-refractivity contribution in [3.8, 4) is 0 Å². The first-order valence-electron chi connectivity index (χ1n) is 4.90. The second-order valence-electron chi connectivity index (χ2n) is 5.80.